The average Bonchev–Trinajstić information content (AvgIpc) is 2.78. The second-order valence-electron chi connectivity index (χ2n) is 3.05. The lowest BCUT2D eigenvalue weighted by Gasteiger charge is -1.99. The summed E-state index contributed by atoms with van der Waals surface area (Å²) in [5.41, 5.74) is 0.811. The molecule has 0 saturated carbocycles. The summed E-state index contributed by atoms with van der Waals surface area (Å²) in [6.45, 7) is 0.0942. The van der Waals surface area contributed by atoms with E-state index in [1.807, 2.05) is 24.3 Å². The van der Waals surface area contributed by atoms with E-state index in [2.05, 4.69) is 15.0 Å². The normalized spacial score (nSPS) is 10.4. The predicted octanol–water partition coefficient (Wildman–Crippen LogP) is 1.14. The van der Waals surface area contributed by atoms with Gasteiger partial charge in [-0.1, -0.05) is 17.3 Å². The van der Waals surface area contributed by atoms with Gasteiger partial charge in [-0.2, -0.15) is 4.98 Å². The lowest BCUT2D eigenvalue weighted by atomic mass is 10.2. The number of benzene rings is 1. The molecule has 0 saturated heterocycles. The van der Waals surface area contributed by atoms with Crippen molar-refractivity contribution in [2.24, 2.45) is 5.90 Å². The van der Waals surface area contributed by atoms with Gasteiger partial charge in [-0.15, -0.1) is 0 Å². The first-order chi connectivity index (χ1) is 7.83. The number of hydrogen-bond acceptors (Lipinski definition) is 6. The van der Waals surface area contributed by atoms with E-state index in [4.69, 9.17) is 15.2 Å². The van der Waals surface area contributed by atoms with Crippen molar-refractivity contribution < 1.29 is 14.1 Å². The molecule has 16 heavy (non-hydrogen) atoms. The van der Waals surface area contributed by atoms with Crippen molar-refractivity contribution in [3.63, 3.8) is 0 Å². The molecule has 0 radical (unpaired) electrons. The summed E-state index contributed by atoms with van der Waals surface area (Å²) in [5, 5.41) is 3.80. The minimum atomic E-state index is 0.0942. The number of hydrogen-bond donors (Lipinski definition) is 1. The SMILES string of the molecule is COc1cccc(-c2noc(CON)n2)c1. The van der Waals surface area contributed by atoms with Crippen LogP contribution in [-0.2, 0) is 11.4 Å². The lowest BCUT2D eigenvalue weighted by Crippen LogP contribution is -1.98. The van der Waals surface area contributed by atoms with Crippen molar-refractivity contribution in [3.05, 3.63) is 30.2 Å². The predicted molar refractivity (Wildman–Crippen MR) is 55.3 cm³/mol. The van der Waals surface area contributed by atoms with Crippen LogP contribution in [0.4, 0.5) is 0 Å². The number of methoxy groups -OCH3 is 1. The van der Waals surface area contributed by atoms with Gasteiger partial charge in [-0.3, -0.25) is 4.84 Å². The van der Waals surface area contributed by atoms with E-state index in [-0.39, 0.29) is 6.61 Å². The first-order valence-corrected chi connectivity index (χ1v) is 4.62. The number of rotatable bonds is 4. The molecule has 0 amide bonds. The molecule has 0 bridgehead atoms. The van der Waals surface area contributed by atoms with Crippen molar-refractivity contribution in [1.82, 2.24) is 10.1 Å². The van der Waals surface area contributed by atoms with Gasteiger partial charge >= 0.3 is 0 Å². The second kappa shape index (κ2) is 4.73. The van der Waals surface area contributed by atoms with Gasteiger partial charge in [-0.05, 0) is 12.1 Å². The molecule has 1 heterocycles. The van der Waals surface area contributed by atoms with Crippen LogP contribution >= 0.6 is 0 Å². The molecule has 2 N–H and O–H groups in total. The topological polar surface area (TPSA) is 83.4 Å². The molecule has 0 spiro atoms. The second-order valence-corrected chi connectivity index (χ2v) is 3.05. The van der Waals surface area contributed by atoms with E-state index in [0.29, 0.717) is 11.7 Å². The van der Waals surface area contributed by atoms with Gasteiger partial charge in [0.1, 0.15) is 12.4 Å². The van der Waals surface area contributed by atoms with Crippen LogP contribution in [0.15, 0.2) is 28.8 Å². The Kier molecular flexibility index (Phi) is 3.13. The highest BCUT2D eigenvalue weighted by atomic mass is 16.6. The van der Waals surface area contributed by atoms with E-state index in [1.54, 1.807) is 7.11 Å². The zero-order valence-corrected chi connectivity index (χ0v) is 8.71. The highest BCUT2D eigenvalue weighted by Crippen LogP contribution is 2.21. The molecular weight excluding hydrogens is 210 g/mol. The van der Waals surface area contributed by atoms with Crippen LogP contribution in [0.2, 0.25) is 0 Å². The summed E-state index contributed by atoms with van der Waals surface area (Å²) >= 11 is 0. The Labute approximate surface area is 91.9 Å². The molecule has 0 atom stereocenters. The highest BCUT2D eigenvalue weighted by molar-refractivity contribution is 5.56. The van der Waals surface area contributed by atoms with Crippen molar-refractivity contribution >= 4 is 0 Å². The summed E-state index contributed by atoms with van der Waals surface area (Å²) < 4.78 is 10.0. The zero-order valence-electron chi connectivity index (χ0n) is 8.71. The quantitative estimate of drug-likeness (QED) is 0.779. The fourth-order valence-electron chi connectivity index (χ4n) is 1.26. The molecule has 6 nitrogen and oxygen atoms in total. The van der Waals surface area contributed by atoms with Gasteiger partial charge < -0.3 is 9.26 Å². The first-order valence-electron chi connectivity index (χ1n) is 4.62. The molecule has 0 aliphatic heterocycles. The highest BCUT2D eigenvalue weighted by Gasteiger charge is 2.08. The fraction of sp³-hybridized carbons (Fsp3) is 0.200. The summed E-state index contributed by atoms with van der Waals surface area (Å²) in [7, 11) is 1.60. The maximum absolute atomic E-state index is 5.10. The van der Waals surface area contributed by atoms with Crippen LogP contribution < -0.4 is 10.6 Å². The Morgan fingerprint density at radius 1 is 1.44 bits per heavy atom. The van der Waals surface area contributed by atoms with E-state index in [1.165, 1.54) is 0 Å². The van der Waals surface area contributed by atoms with Crippen LogP contribution in [0, 0.1) is 0 Å². The van der Waals surface area contributed by atoms with Crippen LogP contribution in [0.5, 0.6) is 5.75 Å². The Bertz CT molecular complexity index is 470. The van der Waals surface area contributed by atoms with Gasteiger partial charge in [0, 0.05) is 5.56 Å². The maximum atomic E-state index is 5.10. The molecular formula is C10H11N3O3. The molecule has 2 aromatic rings. The molecule has 6 heteroatoms. The minimum absolute atomic E-state index is 0.0942. The van der Waals surface area contributed by atoms with Gasteiger partial charge in [-0.25, -0.2) is 5.90 Å². The van der Waals surface area contributed by atoms with Crippen LogP contribution in [0.3, 0.4) is 0 Å². The lowest BCUT2D eigenvalue weighted by molar-refractivity contribution is 0.0996. The summed E-state index contributed by atoms with van der Waals surface area (Å²) in [6.07, 6.45) is 0. The molecule has 0 unspecified atom stereocenters. The van der Waals surface area contributed by atoms with Crippen molar-refractivity contribution in [2.75, 3.05) is 7.11 Å². The van der Waals surface area contributed by atoms with Crippen molar-refractivity contribution in [1.29, 1.82) is 0 Å². The average molecular weight is 221 g/mol. The number of aromatic nitrogens is 2. The summed E-state index contributed by atoms with van der Waals surface area (Å²) in [6, 6.07) is 7.37. The van der Waals surface area contributed by atoms with Gasteiger partial charge in [0.15, 0.2) is 0 Å². The van der Waals surface area contributed by atoms with E-state index in [9.17, 15) is 0 Å². The van der Waals surface area contributed by atoms with Crippen molar-refractivity contribution in [3.8, 4) is 17.1 Å². The number of ether oxygens (including phenoxy) is 1. The van der Waals surface area contributed by atoms with Gasteiger partial charge in [0.25, 0.3) is 5.89 Å². The zero-order chi connectivity index (χ0) is 11.4. The molecule has 84 valence electrons. The third kappa shape index (κ3) is 2.18. The standard InChI is InChI=1S/C10H11N3O3/c1-14-8-4-2-3-7(5-8)10-12-9(6-15-11)16-13-10/h2-5H,6,11H2,1H3. The third-order valence-corrected chi connectivity index (χ3v) is 2.00. The molecule has 0 aliphatic rings. The van der Waals surface area contributed by atoms with Crippen LogP contribution in [0.1, 0.15) is 5.89 Å². The largest absolute Gasteiger partial charge is 0.497 e. The minimum Gasteiger partial charge on any atom is -0.497 e. The molecule has 1 aromatic carbocycles. The third-order valence-electron chi connectivity index (χ3n) is 2.00. The van der Waals surface area contributed by atoms with Crippen LogP contribution in [0.25, 0.3) is 11.4 Å². The number of nitrogens with zero attached hydrogens (tertiary/aromatic N) is 2. The summed E-state index contributed by atoms with van der Waals surface area (Å²) in [5.74, 6) is 6.45. The van der Waals surface area contributed by atoms with Gasteiger partial charge in [0.05, 0.1) is 7.11 Å². The monoisotopic (exact) mass is 221 g/mol. The van der Waals surface area contributed by atoms with Crippen LogP contribution in [-0.4, -0.2) is 17.3 Å². The molecule has 0 aliphatic carbocycles. The van der Waals surface area contributed by atoms with Gasteiger partial charge in [0.2, 0.25) is 5.82 Å². The van der Waals surface area contributed by atoms with Crippen molar-refractivity contribution in [2.45, 2.75) is 6.61 Å². The first kappa shape index (κ1) is 10.6. The summed E-state index contributed by atoms with van der Waals surface area (Å²) in [4.78, 5) is 8.51. The number of nitrogens with two attached hydrogens (primary N) is 1. The Morgan fingerprint density at radius 3 is 3.06 bits per heavy atom. The maximum Gasteiger partial charge on any atom is 0.255 e. The van der Waals surface area contributed by atoms with E-state index in [0.717, 1.165) is 11.3 Å². The van der Waals surface area contributed by atoms with E-state index >= 15 is 0 Å². The smallest absolute Gasteiger partial charge is 0.255 e. The molecule has 2 rings (SSSR count). The Balaban J connectivity index is 2.27. The Morgan fingerprint density at radius 2 is 2.31 bits per heavy atom. The Hall–Kier alpha value is -1.92. The molecule has 0 fully saturated rings. The fourth-order valence-corrected chi connectivity index (χ4v) is 1.26. The van der Waals surface area contributed by atoms with E-state index < -0.39 is 0 Å². The molecule has 1 aromatic heterocycles.